The van der Waals surface area contributed by atoms with Gasteiger partial charge in [0.15, 0.2) is 0 Å². The summed E-state index contributed by atoms with van der Waals surface area (Å²) >= 11 is 6.23. The molecule has 1 aliphatic heterocycles. The maximum atomic E-state index is 13.4. The van der Waals surface area contributed by atoms with Gasteiger partial charge in [-0.1, -0.05) is 48.0 Å². The van der Waals surface area contributed by atoms with Crippen LogP contribution in [0.1, 0.15) is 36.5 Å². The van der Waals surface area contributed by atoms with Gasteiger partial charge in [0, 0.05) is 17.6 Å². The number of urea groups is 1. The first kappa shape index (κ1) is 23.3. The topological polar surface area (TPSA) is 92.7 Å². The van der Waals surface area contributed by atoms with Gasteiger partial charge < -0.3 is 16.4 Å². The van der Waals surface area contributed by atoms with Gasteiger partial charge in [0.2, 0.25) is 5.91 Å². The zero-order valence-electron chi connectivity index (χ0n) is 18.0. The highest BCUT2D eigenvalue weighted by molar-refractivity contribution is 6.30. The molecule has 166 valence electrons. The quantitative estimate of drug-likeness (QED) is 0.687. The highest BCUT2D eigenvalue weighted by Gasteiger charge is 2.34. The van der Waals surface area contributed by atoms with E-state index in [9.17, 15) is 9.59 Å². The van der Waals surface area contributed by atoms with Gasteiger partial charge in [0.05, 0.1) is 12.6 Å². The number of carbonyl (C=O) groups excluding carboxylic acids is 2. The monoisotopic (exact) mass is 442 g/mol. The van der Waals surface area contributed by atoms with Crippen molar-refractivity contribution in [3.63, 3.8) is 0 Å². The summed E-state index contributed by atoms with van der Waals surface area (Å²) in [6.45, 7) is 3.24. The van der Waals surface area contributed by atoms with Crippen molar-refractivity contribution in [2.75, 3.05) is 13.1 Å². The van der Waals surface area contributed by atoms with Crippen molar-refractivity contribution in [2.45, 2.75) is 51.2 Å². The Morgan fingerprint density at radius 1 is 1.19 bits per heavy atom. The molecule has 0 bridgehead atoms. The third-order valence-electron chi connectivity index (χ3n) is 5.82. The number of imide groups is 1. The summed E-state index contributed by atoms with van der Waals surface area (Å²) in [5.41, 5.74) is 14.8. The van der Waals surface area contributed by atoms with Crippen molar-refractivity contribution in [1.82, 2.24) is 9.80 Å². The molecule has 6 nitrogen and oxygen atoms in total. The molecule has 4 N–H and O–H groups in total. The van der Waals surface area contributed by atoms with Gasteiger partial charge in [-0.2, -0.15) is 0 Å². The van der Waals surface area contributed by atoms with E-state index in [-0.39, 0.29) is 24.5 Å². The lowest BCUT2D eigenvalue weighted by Crippen LogP contribution is -2.52. The molecule has 31 heavy (non-hydrogen) atoms. The molecule has 0 aromatic heterocycles. The molecule has 2 atom stereocenters. The molecule has 3 amide bonds. The highest BCUT2D eigenvalue weighted by Crippen LogP contribution is 2.23. The number of nitrogens with zero attached hydrogens (tertiary/aromatic N) is 2. The van der Waals surface area contributed by atoms with E-state index in [1.54, 1.807) is 17.0 Å². The van der Waals surface area contributed by atoms with Crippen molar-refractivity contribution in [3.05, 3.63) is 70.2 Å². The SMILES string of the molecule is C[C@@H]1CCCN1C(=O)N(Cc1cc(Cl)ccc1CCN)C(=O)[C@H](N)Cc1ccccc1. The summed E-state index contributed by atoms with van der Waals surface area (Å²) < 4.78 is 0. The van der Waals surface area contributed by atoms with Crippen molar-refractivity contribution in [1.29, 1.82) is 0 Å². The molecule has 1 heterocycles. The normalized spacial score (nSPS) is 16.9. The van der Waals surface area contributed by atoms with E-state index in [1.165, 1.54) is 4.90 Å². The fourth-order valence-corrected chi connectivity index (χ4v) is 4.27. The molecule has 1 saturated heterocycles. The highest BCUT2D eigenvalue weighted by atomic mass is 35.5. The smallest absolute Gasteiger partial charge is 0.327 e. The number of amides is 3. The maximum Gasteiger partial charge on any atom is 0.327 e. The average molecular weight is 443 g/mol. The Morgan fingerprint density at radius 2 is 1.94 bits per heavy atom. The number of hydrogen-bond acceptors (Lipinski definition) is 4. The van der Waals surface area contributed by atoms with Crippen molar-refractivity contribution in [2.24, 2.45) is 11.5 Å². The van der Waals surface area contributed by atoms with Crippen LogP contribution in [0.15, 0.2) is 48.5 Å². The predicted octanol–water partition coefficient (Wildman–Crippen LogP) is 3.34. The molecular formula is C24H31ClN4O2. The van der Waals surface area contributed by atoms with Gasteiger partial charge in [-0.3, -0.25) is 9.69 Å². The molecule has 7 heteroatoms. The van der Waals surface area contributed by atoms with Gasteiger partial charge in [-0.25, -0.2) is 4.79 Å². The summed E-state index contributed by atoms with van der Waals surface area (Å²) in [7, 11) is 0. The number of nitrogens with two attached hydrogens (primary N) is 2. The summed E-state index contributed by atoms with van der Waals surface area (Å²) in [6.07, 6.45) is 2.86. The average Bonchev–Trinajstić information content (AvgIpc) is 3.19. The minimum absolute atomic E-state index is 0.0935. The van der Waals surface area contributed by atoms with Gasteiger partial charge in [0.1, 0.15) is 0 Å². The van der Waals surface area contributed by atoms with Crippen LogP contribution < -0.4 is 11.5 Å². The van der Waals surface area contributed by atoms with Crippen molar-refractivity contribution in [3.8, 4) is 0 Å². The largest absolute Gasteiger partial charge is 0.330 e. The maximum absolute atomic E-state index is 13.4. The molecule has 2 aromatic rings. The third-order valence-corrected chi connectivity index (χ3v) is 6.06. The van der Waals surface area contributed by atoms with Crippen LogP contribution in [0.3, 0.4) is 0 Å². The molecule has 1 aliphatic rings. The Kier molecular flexibility index (Phi) is 8.07. The number of likely N-dealkylation sites (tertiary alicyclic amines) is 1. The number of rotatable bonds is 7. The number of benzene rings is 2. The summed E-state index contributed by atoms with van der Waals surface area (Å²) in [6, 6.07) is 14.1. The van der Waals surface area contributed by atoms with E-state index in [0.29, 0.717) is 31.0 Å². The van der Waals surface area contributed by atoms with Gasteiger partial charge in [-0.15, -0.1) is 0 Å². The summed E-state index contributed by atoms with van der Waals surface area (Å²) in [4.78, 5) is 29.9. The lowest BCUT2D eigenvalue weighted by Gasteiger charge is -2.31. The van der Waals surface area contributed by atoms with Crippen molar-refractivity contribution < 1.29 is 9.59 Å². The van der Waals surface area contributed by atoms with Gasteiger partial charge in [-0.05, 0) is 68.0 Å². The first-order valence-electron chi connectivity index (χ1n) is 10.8. The van der Waals surface area contributed by atoms with Gasteiger partial charge >= 0.3 is 6.03 Å². The third kappa shape index (κ3) is 5.85. The first-order chi connectivity index (χ1) is 14.9. The fraction of sp³-hybridized carbons (Fsp3) is 0.417. The molecular weight excluding hydrogens is 412 g/mol. The van der Waals surface area contributed by atoms with Crippen LogP contribution in [0.2, 0.25) is 5.02 Å². The molecule has 1 fully saturated rings. The van der Waals surface area contributed by atoms with E-state index in [4.69, 9.17) is 23.1 Å². The van der Waals surface area contributed by atoms with E-state index in [2.05, 4.69) is 0 Å². The Balaban J connectivity index is 1.88. The van der Waals surface area contributed by atoms with E-state index in [0.717, 1.165) is 29.5 Å². The van der Waals surface area contributed by atoms with Gasteiger partial charge in [0.25, 0.3) is 0 Å². The van der Waals surface area contributed by atoms with Crippen LogP contribution in [0.5, 0.6) is 0 Å². The minimum atomic E-state index is -0.818. The molecule has 0 saturated carbocycles. The minimum Gasteiger partial charge on any atom is -0.330 e. The Morgan fingerprint density at radius 3 is 2.58 bits per heavy atom. The lowest BCUT2D eigenvalue weighted by molar-refractivity contribution is -0.130. The lowest BCUT2D eigenvalue weighted by atomic mass is 10.0. The molecule has 2 aromatic carbocycles. The van der Waals surface area contributed by atoms with Crippen LogP contribution in [0.4, 0.5) is 4.79 Å². The van der Waals surface area contributed by atoms with E-state index < -0.39 is 6.04 Å². The molecule has 3 rings (SSSR count). The Bertz CT molecular complexity index is 906. The zero-order valence-corrected chi connectivity index (χ0v) is 18.7. The van der Waals surface area contributed by atoms with E-state index in [1.807, 2.05) is 43.3 Å². The Labute approximate surface area is 189 Å². The fourth-order valence-electron chi connectivity index (χ4n) is 4.08. The number of halogens is 1. The summed E-state index contributed by atoms with van der Waals surface area (Å²) in [5.74, 6) is -0.383. The predicted molar refractivity (Wildman–Crippen MR) is 124 cm³/mol. The first-order valence-corrected chi connectivity index (χ1v) is 11.2. The molecule has 0 radical (unpaired) electrons. The number of hydrogen-bond donors (Lipinski definition) is 2. The molecule has 0 unspecified atom stereocenters. The van der Waals surface area contributed by atoms with Crippen LogP contribution in [0.25, 0.3) is 0 Å². The van der Waals surface area contributed by atoms with E-state index >= 15 is 0 Å². The Hall–Kier alpha value is -2.41. The van der Waals surface area contributed by atoms with Crippen LogP contribution >= 0.6 is 11.6 Å². The van der Waals surface area contributed by atoms with Crippen LogP contribution in [0, 0.1) is 0 Å². The van der Waals surface area contributed by atoms with Crippen LogP contribution in [-0.4, -0.2) is 46.9 Å². The zero-order chi connectivity index (χ0) is 22.4. The second-order valence-corrected chi connectivity index (χ2v) is 8.58. The standard InChI is InChI=1S/C24H31ClN4O2/c1-17-6-5-13-28(17)24(31)29(16-20-15-21(25)10-9-19(20)11-12-26)23(30)22(27)14-18-7-3-2-4-8-18/h2-4,7-10,15,17,22H,5-6,11-14,16,26-27H2,1H3/t17-,22-/m1/s1. The van der Waals surface area contributed by atoms with Crippen LogP contribution in [-0.2, 0) is 24.2 Å². The molecule has 0 aliphatic carbocycles. The second kappa shape index (κ2) is 10.8. The second-order valence-electron chi connectivity index (χ2n) is 8.14. The molecule has 0 spiro atoms. The summed E-state index contributed by atoms with van der Waals surface area (Å²) in [5, 5.41) is 0.554. The van der Waals surface area contributed by atoms with Crippen molar-refractivity contribution >= 4 is 23.5 Å². The number of carbonyl (C=O) groups is 2.